The summed E-state index contributed by atoms with van der Waals surface area (Å²) in [4.78, 5) is 28.0. The van der Waals surface area contributed by atoms with E-state index in [0.717, 1.165) is 24.8 Å². The average Bonchev–Trinajstić information content (AvgIpc) is 2.88. The molecule has 0 aliphatic heterocycles. The molecule has 1 aromatic heterocycles. The third-order valence-electron chi connectivity index (χ3n) is 4.12. The number of ketones is 1. The van der Waals surface area contributed by atoms with Crippen LogP contribution in [0.1, 0.15) is 42.2 Å². The zero-order chi connectivity index (χ0) is 15.7. The van der Waals surface area contributed by atoms with Crippen molar-refractivity contribution in [3.63, 3.8) is 0 Å². The molecule has 0 bridgehead atoms. The Morgan fingerprint density at radius 3 is 2.45 bits per heavy atom. The van der Waals surface area contributed by atoms with Crippen LogP contribution in [0, 0.1) is 5.82 Å². The number of carbonyl (C=O) groups excluding carboxylic acids is 2. The molecule has 1 aromatic carbocycles. The molecule has 0 radical (unpaired) electrons. The molecule has 4 nitrogen and oxygen atoms in total. The second-order valence-corrected chi connectivity index (χ2v) is 6.35. The van der Waals surface area contributed by atoms with Crippen molar-refractivity contribution < 1.29 is 14.0 Å². The lowest BCUT2D eigenvalue weighted by Gasteiger charge is -2.40. The zero-order valence-electron chi connectivity index (χ0n) is 12.1. The van der Waals surface area contributed by atoms with Gasteiger partial charge in [0.15, 0.2) is 10.9 Å². The van der Waals surface area contributed by atoms with Gasteiger partial charge in [0.25, 0.3) is 0 Å². The minimum absolute atomic E-state index is 0.131. The number of aromatic nitrogens is 1. The summed E-state index contributed by atoms with van der Waals surface area (Å²) in [6.45, 7) is 1.44. The van der Waals surface area contributed by atoms with Crippen molar-refractivity contribution in [2.24, 2.45) is 0 Å². The molecule has 1 aliphatic carbocycles. The van der Waals surface area contributed by atoms with Crippen LogP contribution in [0.25, 0.3) is 0 Å². The van der Waals surface area contributed by atoms with E-state index in [1.807, 2.05) is 0 Å². The lowest BCUT2D eigenvalue weighted by atomic mass is 9.64. The van der Waals surface area contributed by atoms with E-state index in [2.05, 4.69) is 10.3 Å². The second kappa shape index (κ2) is 5.61. The van der Waals surface area contributed by atoms with Crippen LogP contribution in [-0.2, 0) is 10.2 Å². The van der Waals surface area contributed by atoms with Crippen LogP contribution in [0.4, 0.5) is 9.52 Å². The molecule has 1 saturated carbocycles. The fourth-order valence-corrected chi connectivity index (χ4v) is 3.40. The molecule has 114 valence electrons. The highest BCUT2D eigenvalue weighted by atomic mass is 32.1. The second-order valence-electron chi connectivity index (χ2n) is 5.49. The third kappa shape index (κ3) is 2.54. The summed E-state index contributed by atoms with van der Waals surface area (Å²) >= 11 is 1.23. The number of anilines is 1. The van der Waals surface area contributed by atoms with Gasteiger partial charge in [0.2, 0.25) is 5.91 Å². The molecule has 0 unspecified atom stereocenters. The molecule has 0 spiro atoms. The van der Waals surface area contributed by atoms with Gasteiger partial charge in [-0.25, -0.2) is 9.37 Å². The van der Waals surface area contributed by atoms with Crippen LogP contribution >= 0.6 is 11.3 Å². The Morgan fingerprint density at radius 2 is 1.95 bits per heavy atom. The number of halogens is 1. The average molecular weight is 318 g/mol. The number of nitrogens with one attached hydrogen (secondary N) is 1. The fourth-order valence-electron chi connectivity index (χ4n) is 2.66. The Hall–Kier alpha value is -2.08. The van der Waals surface area contributed by atoms with Crippen LogP contribution < -0.4 is 5.32 Å². The molecule has 1 heterocycles. The molecule has 22 heavy (non-hydrogen) atoms. The number of carbonyl (C=O) groups is 2. The lowest BCUT2D eigenvalue weighted by molar-refractivity contribution is -0.124. The number of benzene rings is 1. The van der Waals surface area contributed by atoms with Crippen molar-refractivity contribution in [3.05, 3.63) is 46.7 Å². The Morgan fingerprint density at radius 1 is 1.27 bits per heavy atom. The molecule has 1 aliphatic rings. The van der Waals surface area contributed by atoms with Gasteiger partial charge >= 0.3 is 0 Å². The molecule has 1 fully saturated rings. The van der Waals surface area contributed by atoms with Gasteiger partial charge in [-0.05, 0) is 30.5 Å². The number of hydrogen-bond donors (Lipinski definition) is 1. The van der Waals surface area contributed by atoms with E-state index in [4.69, 9.17) is 0 Å². The number of amides is 1. The van der Waals surface area contributed by atoms with Gasteiger partial charge < -0.3 is 5.32 Å². The van der Waals surface area contributed by atoms with Gasteiger partial charge in [-0.15, -0.1) is 11.3 Å². The maximum Gasteiger partial charge on any atom is 0.236 e. The molecule has 0 atom stereocenters. The Labute approximate surface area is 131 Å². The van der Waals surface area contributed by atoms with E-state index in [0.29, 0.717) is 10.8 Å². The van der Waals surface area contributed by atoms with Gasteiger partial charge in [0, 0.05) is 12.3 Å². The summed E-state index contributed by atoms with van der Waals surface area (Å²) in [5, 5.41) is 4.84. The molecule has 0 saturated heterocycles. The molecule has 1 N–H and O–H groups in total. The van der Waals surface area contributed by atoms with Gasteiger partial charge in [-0.2, -0.15) is 0 Å². The fraction of sp³-hybridized carbons (Fsp3) is 0.312. The van der Waals surface area contributed by atoms with E-state index in [1.165, 1.54) is 30.4 Å². The zero-order valence-corrected chi connectivity index (χ0v) is 12.9. The quantitative estimate of drug-likeness (QED) is 0.877. The number of Topliss-reactive ketones (excluding diaryl/α,β-unsaturated/α-hetero) is 1. The standard InChI is InChI=1S/C16H15FN2O2S/c1-10(20)13-9-22-15(18-13)19-14(21)16(7-2-8-16)11-3-5-12(17)6-4-11/h3-6,9H,2,7-8H2,1H3,(H,18,19,21). The van der Waals surface area contributed by atoms with Crippen LogP contribution in [0.3, 0.4) is 0 Å². The molecular formula is C16H15FN2O2S. The maximum absolute atomic E-state index is 13.1. The minimum Gasteiger partial charge on any atom is -0.301 e. The van der Waals surface area contributed by atoms with Crippen LogP contribution in [0.5, 0.6) is 0 Å². The van der Waals surface area contributed by atoms with Crippen LogP contribution in [0.2, 0.25) is 0 Å². The Bertz CT molecular complexity index is 720. The molecule has 1 amide bonds. The lowest BCUT2D eigenvalue weighted by Crippen LogP contribution is -2.46. The van der Waals surface area contributed by atoms with E-state index in [9.17, 15) is 14.0 Å². The van der Waals surface area contributed by atoms with Crippen molar-refractivity contribution in [3.8, 4) is 0 Å². The first kappa shape index (κ1) is 14.8. The van der Waals surface area contributed by atoms with Crippen LogP contribution in [0.15, 0.2) is 29.6 Å². The molecule has 2 aromatic rings. The summed E-state index contributed by atoms with van der Waals surface area (Å²) in [6, 6.07) is 6.08. The minimum atomic E-state index is -0.615. The predicted molar refractivity (Wildman–Crippen MR) is 82.7 cm³/mol. The first-order valence-electron chi connectivity index (χ1n) is 7.05. The topological polar surface area (TPSA) is 59.1 Å². The summed E-state index contributed by atoms with van der Waals surface area (Å²) in [5.74, 6) is -0.590. The predicted octanol–water partition coefficient (Wildman–Crippen LogP) is 3.55. The summed E-state index contributed by atoms with van der Waals surface area (Å²) in [5.41, 5.74) is 0.557. The normalized spacial score (nSPS) is 15.9. The number of rotatable bonds is 4. The monoisotopic (exact) mass is 318 g/mol. The van der Waals surface area contributed by atoms with Crippen molar-refractivity contribution in [1.29, 1.82) is 0 Å². The van der Waals surface area contributed by atoms with E-state index >= 15 is 0 Å². The van der Waals surface area contributed by atoms with Crippen LogP contribution in [-0.4, -0.2) is 16.7 Å². The molecule has 6 heteroatoms. The SMILES string of the molecule is CC(=O)c1csc(NC(=O)C2(c3ccc(F)cc3)CCC2)n1. The van der Waals surface area contributed by atoms with Gasteiger partial charge in [-0.3, -0.25) is 9.59 Å². The largest absolute Gasteiger partial charge is 0.301 e. The maximum atomic E-state index is 13.1. The molecule has 3 rings (SSSR count). The van der Waals surface area contributed by atoms with Crippen molar-refractivity contribution in [2.45, 2.75) is 31.6 Å². The van der Waals surface area contributed by atoms with Gasteiger partial charge in [-0.1, -0.05) is 18.6 Å². The summed E-state index contributed by atoms with van der Waals surface area (Å²) in [7, 11) is 0. The van der Waals surface area contributed by atoms with Crippen molar-refractivity contribution in [1.82, 2.24) is 4.98 Å². The number of nitrogens with zero attached hydrogens (tertiary/aromatic N) is 1. The highest BCUT2D eigenvalue weighted by molar-refractivity contribution is 7.14. The van der Waals surface area contributed by atoms with E-state index < -0.39 is 5.41 Å². The Balaban J connectivity index is 1.82. The molecular weight excluding hydrogens is 303 g/mol. The number of hydrogen-bond acceptors (Lipinski definition) is 4. The third-order valence-corrected chi connectivity index (χ3v) is 4.88. The summed E-state index contributed by atoms with van der Waals surface area (Å²) < 4.78 is 13.1. The van der Waals surface area contributed by atoms with E-state index in [-0.39, 0.29) is 17.5 Å². The highest BCUT2D eigenvalue weighted by Gasteiger charge is 2.45. The highest BCUT2D eigenvalue weighted by Crippen LogP contribution is 2.44. The van der Waals surface area contributed by atoms with Gasteiger partial charge in [0.1, 0.15) is 11.5 Å². The van der Waals surface area contributed by atoms with E-state index in [1.54, 1.807) is 17.5 Å². The summed E-state index contributed by atoms with van der Waals surface area (Å²) in [6.07, 6.45) is 2.42. The Kier molecular flexibility index (Phi) is 3.78. The van der Waals surface area contributed by atoms with Gasteiger partial charge in [0.05, 0.1) is 5.41 Å². The first-order chi connectivity index (χ1) is 10.5. The first-order valence-corrected chi connectivity index (χ1v) is 7.93. The van der Waals surface area contributed by atoms with Crippen molar-refractivity contribution >= 4 is 28.2 Å². The smallest absolute Gasteiger partial charge is 0.236 e. The number of thiazole rings is 1. The van der Waals surface area contributed by atoms with Crippen molar-refractivity contribution in [2.75, 3.05) is 5.32 Å².